The van der Waals surface area contributed by atoms with Crippen LogP contribution in [0.4, 0.5) is 13.2 Å². The van der Waals surface area contributed by atoms with E-state index in [9.17, 15) is 23.1 Å². The molecule has 1 aliphatic rings. The molecule has 30 heavy (non-hydrogen) atoms. The Morgan fingerprint density at radius 1 is 1.13 bits per heavy atom. The van der Waals surface area contributed by atoms with Gasteiger partial charge >= 0.3 is 11.0 Å². The SMILES string of the molecule is O=c1[nH]c(O)c(C(Cc2ccc(Cl)cc2C(F)(F)F)=c2ccc3c(c2)C(Cl)=NN=3)s1. The number of hydrogen-bond acceptors (Lipinski definition) is 5. The molecule has 3 aromatic rings. The second kappa shape index (κ2) is 7.57. The van der Waals surface area contributed by atoms with Crippen molar-refractivity contribution in [2.45, 2.75) is 12.6 Å². The number of rotatable bonds is 3. The Balaban J connectivity index is 1.98. The molecule has 11 heteroatoms. The van der Waals surface area contributed by atoms with E-state index in [1.165, 1.54) is 12.1 Å². The number of fused-ring (bicyclic) bond motifs is 1. The maximum absolute atomic E-state index is 13.6. The van der Waals surface area contributed by atoms with Crippen LogP contribution in [-0.4, -0.2) is 15.3 Å². The van der Waals surface area contributed by atoms with E-state index in [0.717, 1.165) is 6.07 Å². The topological polar surface area (TPSA) is 77.8 Å². The number of hydrogen-bond donors (Lipinski definition) is 2. The largest absolute Gasteiger partial charge is 0.493 e. The van der Waals surface area contributed by atoms with Crippen molar-refractivity contribution in [2.24, 2.45) is 10.2 Å². The minimum atomic E-state index is -4.63. The molecule has 5 nitrogen and oxygen atoms in total. The van der Waals surface area contributed by atoms with E-state index in [1.807, 2.05) is 0 Å². The fourth-order valence-electron chi connectivity index (χ4n) is 3.12. The van der Waals surface area contributed by atoms with Gasteiger partial charge in [0.1, 0.15) is 0 Å². The fourth-order valence-corrected chi connectivity index (χ4v) is 4.28. The van der Waals surface area contributed by atoms with Crippen molar-refractivity contribution in [3.63, 3.8) is 0 Å². The van der Waals surface area contributed by atoms with Crippen LogP contribution < -0.4 is 15.4 Å². The Morgan fingerprint density at radius 3 is 2.57 bits per heavy atom. The zero-order valence-corrected chi connectivity index (χ0v) is 17.0. The summed E-state index contributed by atoms with van der Waals surface area (Å²) in [7, 11) is 0. The highest BCUT2D eigenvalue weighted by atomic mass is 35.5. The average Bonchev–Trinajstić information content (AvgIpc) is 3.21. The molecule has 0 radical (unpaired) electrons. The van der Waals surface area contributed by atoms with Gasteiger partial charge in [0, 0.05) is 17.0 Å². The fraction of sp³-hybridized carbons (Fsp3) is 0.105. The highest BCUT2D eigenvalue weighted by Gasteiger charge is 2.34. The van der Waals surface area contributed by atoms with Crippen LogP contribution in [0, 0.1) is 0 Å². The summed E-state index contributed by atoms with van der Waals surface area (Å²) in [5, 5.41) is 18.9. The highest BCUT2D eigenvalue weighted by molar-refractivity contribution is 7.10. The predicted molar refractivity (Wildman–Crippen MR) is 109 cm³/mol. The van der Waals surface area contributed by atoms with Gasteiger partial charge in [-0.25, -0.2) is 0 Å². The van der Waals surface area contributed by atoms with Gasteiger partial charge in [-0.05, 0) is 40.6 Å². The molecule has 0 saturated carbocycles. The zero-order valence-electron chi connectivity index (χ0n) is 14.7. The lowest BCUT2D eigenvalue weighted by Gasteiger charge is -2.15. The standard InChI is InChI=1S/C19H10Cl2F3N3O2S/c20-10-3-1-9(13(7-10)19(22,23)24)6-11(15-17(28)25-18(29)30-15)8-2-4-14-12(5-8)16(21)27-26-14/h1-5,7,28H,6H2,(H,25,29). The van der Waals surface area contributed by atoms with Gasteiger partial charge in [0.25, 0.3) is 0 Å². The number of aromatic nitrogens is 1. The monoisotopic (exact) mass is 471 g/mol. The number of nitrogens with zero attached hydrogens (tertiary/aromatic N) is 2. The number of aromatic hydroxyl groups is 1. The number of aromatic amines is 1. The third kappa shape index (κ3) is 3.88. The molecule has 0 spiro atoms. The Kier molecular flexibility index (Phi) is 5.21. The van der Waals surface area contributed by atoms with Crippen LogP contribution in [0.3, 0.4) is 0 Å². The van der Waals surface area contributed by atoms with Gasteiger partial charge in [0.2, 0.25) is 5.88 Å². The molecular formula is C19H10Cl2F3N3O2S. The summed E-state index contributed by atoms with van der Waals surface area (Å²) in [5.41, 5.74) is -0.151. The lowest BCUT2D eigenvalue weighted by atomic mass is 9.96. The number of alkyl halides is 3. The van der Waals surface area contributed by atoms with Crippen molar-refractivity contribution in [1.82, 2.24) is 4.98 Å². The zero-order chi connectivity index (χ0) is 21.6. The number of halogens is 5. The molecule has 0 aliphatic carbocycles. The van der Waals surface area contributed by atoms with Crippen LogP contribution in [0.2, 0.25) is 5.02 Å². The molecule has 1 aliphatic heterocycles. The summed E-state index contributed by atoms with van der Waals surface area (Å²) in [6.07, 6.45) is -4.86. The third-order valence-corrected chi connectivity index (χ3v) is 5.91. The Morgan fingerprint density at radius 2 is 1.90 bits per heavy atom. The van der Waals surface area contributed by atoms with Crippen LogP contribution in [-0.2, 0) is 12.6 Å². The van der Waals surface area contributed by atoms with E-state index >= 15 is 0 Å². The molecule has 4 rings (SSSR count). The Bertz CT molecular complexity index is 1380. The van der Waals surface area contributed by atoms with Crippen molar-refractivity contribution in [3.05, 3.63) is 83.2 Å². The Hall–Kier alpha value is -2.62. The summed E-state index contributed by atoms with van der Waals surface area (Å²) in [6, 6.07) is 8.32. The number of nitrogens with one attached hydrogen (secondary N) is 1. The number of thiazole rings is 1. The van der Waals surface area contributed by atoms with Crippen molar-refractivity contribution < 1.29 is 18.3 Å². The highest BCUT2D eigenvalue weighted by Crippen LogP contribution is 2.36. The molecule has 0 fully saturated rings. The van der Waals surface area contributed by atoms with E-state index in [1.54, 1.807) is 18.2 Å². The summed E-state index contributed by atoms with van der Waals surface area (Å²) >= 11 is 12.5. The maximum atomic E-state index is 13.6. The second-order valence-electron chi connectivity index (χ2n) is 6.37. The van der Waals surface area contributed by atoms with Gasteiger partial charge in [0.05, 0.1) is 15.8 Å². The maximum Gasteiger partial charge on any atom is 0.416 e. The molecule has 0 amide bonds. The van der Waals surface area contributed by atoms with Crippen LogP contribution in [0.15, 0.2) is 51.4 Å². The van der Waals surface area contributed by atoms with Crippen LogP contribution >= 0.6 is 34.5 Å². The molecule has 0 saturated heterocycles. The smallest absolute Gasteiger partial charge is 0.416 e. The minimum Gasteiger partial charge on any atom is -0.493 e. The lowest BCUT2D eigenvalue weighted by molar-refractivity contribution is -0.138. The van der Waals surface area contributed by atoms with Gasteiger partial charge in [-0.3, -0.25) is 9.78 Å². The van der Waals surface area contributed by atoms with Crippen LogP contribution in [0.1, 0.15) is 21.6 Å². The van der Waals surface area contributed by atoms with Crippen molar-refractivity contribution in [1.29, 1.82) is 0 Å². The van der Waals surface area contributed by atoms with E-state index in [4.69, 9.17) is 23.2 Å². The molecule has 0 bridgehead atoms. The van der Waals surface area contributed by atoms with Crippen LogP contribution in [0.25, 0.3) is 5.57 Å². The normalized spacial score (nSPS) is 14.2. The summed E-state index contributed by atoms with van der Waals surface area (Å²) < 4.78 is 40.7. The van der Waals surface area contributed by atoms with E-state index in [2.05, 4.69) is 15.2 Å². The predicted octanol–water partition coefficient (Wildman–Crippen LogP) is 3.79. The van der Waals surface area contributed by atoms with Crippen molar-refractivity contribution in [3.8, 4) is 5.88 Å². The summed E-state index contributed by atoms with van der Waals surface area (Å²) in [5.74, 6) is -0.424. The molecule has 1 aromatic heterocycles. The van der Waals surface area contributed by atoms with Gasteiger partial charge < -0.3 is 5.11 Å². The lowest BCUT2D eigenvalue weighted by Crippen LogP contribution is -2.18. The molecule has 2 aromatic carbocycles. The van der Waals surface area contributed by atoms with E-state index < -0.39 is 22.5 Å². The van der Waals surface area contributed by atoms with Crippen molar-refractivity contribution >= 4 is 45.3 Å². The minimum absolute atomic E-state index is 0.0519. The first-order chi connectivity index (χ1) is 14.1. The van der Waals surface area contributed by atoms with Gasteiger partial charge in [-0.15, -0.1) is 10.2 Å². The van der Waals surface area contributed by atoms with E-state index in [-0.39, 0.29) is 27.1 Å². The first-order valence-electron chi connectivity index (χ1n) is 8.36. The van der Waals surface area contributed by atoms with Gasteiger partial charge in [-0.2, -0.15) is 13.2 Å². The number of H-pyrrole nitrogens is 1. The third-order valence-electron chi connectivity index (χ3n) is 4.46. The summed E-state index contributed by atoms with van der Waals surface area (Å²) in [6.45, 7) is 0. The molecule has 0 atom stereocenters. The average molecular weight is 472 g/mol. The Labute approximate surface area is 180 Å². The molecule has 2 N–H and O–H groups in total. The van der Waals surface area contributed by atoms with Gasteiger partial charge in [-0.1, -0.05) is 46.7 Å². The first kappa shape index (κ1) is 20.6. The van der Waals surface area contributed by atoms with Gasteiger partial charge in [0.15, 0.2) is 5.17 Å². The molecule has 0 unspecified atom stereocenters. The van der Waals surface area contributed by atoms with Crippen molar-refractivity contribution in [2.75, 3.05) is 0 Å². The molecular weight excluding hydrogens is 462 g/mol. The number of benzene rings is 2. The first-order valence-corrected chi connectivity index (χ1v) is 9.93. The van der Waals surface area contributed by atoms with E-state index in [0.29, 0.717) is 33.0 Å². The molecule has 154 valence electrons. The quantitative estimate of drug-likeness (QED) is 0.609. The molecule has 2 heterocycles. The summed E-state index contributed by atoms with van der Waals surface area (Å²) in [4.78, 5) is 13.6. The van der Waals surface area contributed by atoms with Crippen LogP contribution in [0.5, 0.6) is 5.88 Å². The second-order valence-corrected chi connectivity index (χ2v) is 8.15.